The molecule has 126 valence electrons. The van der Waals surface area contributed by atoms with E-state index in [1.807, 2.05) is 12.1 Å². The number of anilines is 1. The molecule has 1 saturated heterocycles. The highest BCUT2D eigenvalue weighted by molar-refractivity contribution is 6.31. The van der Waals surface area contributed by atoms with Gasteiger partial charge in [-0.3, -0.25) is 0 Å². The summed E-state index contributed by atoms with van der Waals surface area (Å²) >= 11 is 6.03. The molecule has 0 bridgehead atoms. The van der Waals surface area contributed by atoms with Gasteiger partial charge in [0, 0.05) is 36.5 Å². The van der Waals surface area contributed by atoms with Gasteiger partial charge in [-0.05, 0) is 30.7 Å². The number of methoxy groups -OCH3 is 1. The summed E-state index contributed by atoms with van der Waals surface area (Å²) in [6.07, 6.45) is 1.06. The van der Waals surface area contributed by atoms with Crippen molar-refractivity contribution in [3.05, 3.63) is 34.9 Å². The molecule has 1 fully saturated rings. The largest absolute Gasteiger partial charge is 0.382 e. The van der Waals surface area contributed by atoms with E-state index >= 15 is 0 Å². The van der Waals surface area contributed by atoms with Crippen LogP contribution in [0.1, 0.15) is 12.0 Å². The van der Waals surface area contributed by atoms with Gasteiger partial charge in [0.15, 0.2) is 0 Å². The molecule has 0 saturated carbocycles. The van der Waals surface area contributed by atoms with Crippen LogP contribution in [0.3, 0.4) is 0 Å². The van der Waals surface area contributed by atoms with Gasteiger partial charge in [0.25, 0.3) is 0 Å². The van der Waals surface area contributed by atoms with E-state index in [9.17, 15) is 5.26 Å². The Balaban J connectivity index is 1.74. The van der Waals surface area contributed by atoms with Crippen molar-refractivity contribution in [2.45, 2.75) is 6.42 Å². The lowest BCUT2D eigenvalue weighted by Crippen LogP contribution is -2.22. The third-order valence-electron chi connectivity index (χ3n) is 4.27. The van der Waals surface area contributed by atoms with E-state index < -0.39 is 0 Å². The number of nitriles is 1. The van der Waals surface area contributed by atoms with E-state index in [0.717, 1.165) is 42.8 Å². The van der Waals surface area contributed by atoms with Crippen LogP contribution in [0.15, 0.2) is 24.3 Å². The van der Waals surface area contributed by atoms with Crippen LogP contribution in [0.25, 0.3) is 10.9 Å². The van der Waals surface area contributed by atoms with Gasteiger partial charge in [-0.25, -0.2) is 4.98 Å². The topological polar surface area (TPSA) is 58.4 Å². The van der Waals surface area contributed by atoms with Crippen molar-refractivity contribution < 1.29 is 9.47 Å². The van der Waals surface area contributed by atoms with Gasteiger partial charge in [-0.2, -0.15) is 5.26 Å². The molecule has 1 aromatic heterocycles. The number of fused-ring (bicyclic) bond motifs is 1. The normalized spacial score (nSPS) is 17.4. The first-order valence-corrected chi connectivity index (χ1v) is 8.41. The summed E-state index contributed by atoms with van der Waals surface area (Å²) in [5.74, 6) is 1.33. The molecule has 3 rings (SSSR count). The quantitative estimate of drug-likeness (QED) is 0.752. The summed E-state index contributed by atoms with van der Waals surface area (Å²) in [5, 5.41) is 10.9. The fourth-order valence-corrected chi connectivity index (χ4v) is 3.18. The number of rotatable bonds is 6. The van der Waals surface area contributed by atoms with Crippen molar-refractivity contribution in [2.24, 2.45) is 5.92 Å². The van der Waals surface area contributed by atoms with Crippen LogP contribution < -0.4 is 4.90 Å². The van der Waals surface area contributed by atoms with E-state index in [2.05, 4.69) is 11.0 Å². The molecule has 1 aliphatic heterocycles. The fraction of sp³-hybridized carbons (Fsp3) is 0.444. The van der Waals surface area contributed by atoms with Crippen LogP contribution in [0.2, 0.25) is 5.02 Å². The standard InChI is InChI=1S/C18H20ClN3O2/c1-23-6-7-24-12-13-4-5-22(11-13)18-8-14(10-20)16-9-15(19)2-3-17(16)21-18/h2-3,8-9,13H,4-7,11-12H2,1H3. The highest BCUT2D eigenvalue weighted by atomic mass is 35.5. The lowest BCUT2D eigenvalue weighted by Gasteiger charge is -2.18. The summed E-state index contributed by atoms with van der Waals surface area (Å²) in [5.41, 5.74) is 1.41. The molecule has 0 aliphatic carbocycles. The maximum absolute atomic E-state index is 9.44. The van der Waals surface area contributed by atoms with Crippen LogP contribution in [-0.4, -0.2) is 45.0 Å². The minimum absolute atomic E-state index is 0.482. The predicted molar refractivity (Wildman–Crippen MR) is 94.5 cm³/mol. The van der Waals surface area contributed by atoms with Gasteiger partial charge in [0.1, 0.15) is 5.82 Å². The Morgan fingerprint density at radius 2 is 2.25 bits per heavy atom. The molecule has 0 N–H and O–H groups in total. The molecular formula is C18H20ClN3O2. The number of halogens is 1. The minimum atomic E-state index is 0.482. The van der Waals surface area contributed by atoms with Gasteiger partial charge in [-0.1, -0.05) is 11.6 Å². The second kappa shape index (κ2) is 7.80. The highest BCUT2D eigenvalue weighted by Crippen LogP contribution is 2.28. The first kappa shape index (κ1) is 17.0. The van der Waals surface area contributed by atoms with Crippen molar-refractivity contribution in [1.82, 2.24) is 4.98 Å². The van der Waals surface area contributed by atoms with Crippen LogP contribution in [0.5, 0.6) is 0 Å². The lowest BCUT2D eigenvalue weighted by molar-refractivity contribution is 0.0549. The first-order chi connectivity index (χ1) is 11.7. The van der Waals surface area contributed by atoms with Crippen molar-refractivity contribution >= 4 is 28.3 Å². The molecule has 0 radical (unpaired) electrons. The Morgan fingerprint density at radius 1 is 1.38 bits per heavy atom. The monoisotopic (exact) mass is 345 g/mol. The van der Waals surface area contributed by atoms with Gasteiger partial charge in [0.2, 0.25) is 0 Å². The second-order valence-electron chi connectivity index (χ2n) is 5.97. The Morgan fingerprint density at radius 3 is 3.04 bits per heavy atom. The zero-order chi connectivity index (χ0) is 16.9. The number of hydrogen-bond acceptors (Lipinski definition) is 5. The average Bonchev–Trinajstić information content (AvgIpc) is 3.07. The van der Waals surface area contributed by atoms with E-state index in [1.165, 1.54) is 0 Å². The Kier molecular flexibility index (Phi) is 5.52. The second-order valence-corrected chi connectivity index (χ2v) is 6.41. The first-order valence-electron chi connectivity index (χ1n) is 8.03. The number of ether oxygens (including phenoxy) is 2. The van der Waals surface area contributed by atoms with E-state index in [0.29, 0.717) is 29.7 Å². The van der Waals surface area contributed by atoms with Crippen LogP contribution in [0, 0.1) is 17.2 Å². The summed E-state index contributed by atoms with van der Waals surface area (Å²) in [6.45, 7) is 3.80. The molecule has 6 heteroatoms. The Labute approximate surface area is 146 Å². The van der Waals surface area contributed by atoms with Gasteiger partial charge < -0.3 is 14.4 Å². The van der Waals surface area contributed by atoms with Gasteiger partial charge >= 0.3 is 0 Å². The molecule has 2 heterocycles. The number of aromatic nitrogens is 1. The number of nitrogens with zero attached hydrogens (tertiary/aromatic N) is 3. The third-order valence-corrected chi connectivity index (χ3v) is 4.51. The smallest absolute Gasteiger partial charge is 0.130 e. The summed E-state index contributed by atoms with van der Waals surface area (Å²) < 4.78 is 10.6. The highest BCUT2D eigenvalue weighted by Gasteiger charge is 2.24. The number of pyridine rings is 1. The Bertz CT molecular complexity index is 760. The van der Waals surface area contributed by atoms with Crippen LogP contribution >= 0.6 is 11.6 Å². The molecule has 1 unspecified atom stereocenters. The molecule has 0 spiro atoms. The molecule has 24 heavy (non-hydrogen) atoms. The molecule has 1 atom stereocenters. The van der Waals surface area contributed by atoms with Crippen LogP contribution in [-0.2, 0) is 9.47 Å². The summed E-state index contributed by atoms with van der Waals surface area (Å²) in [4.78, 5) is 6.93. The maximum atomic E-state index is 9.44. The Hall–Kier alpha value is -1.87. The van der Waals surface area contributed by atoms with Crippen molar-refractivity contribution in [3.8, 4) is 6.07 Å². The third kappa shape index (κ3) is 3.78. The van der Waals surface area contributed by atoms with Crippen molar-refractivity contribution in [3.63, 3.8) is 0 Å². The summed E-state index contributed by atoms with van der Waals surface area (Å²) in [6, 6.07) is 9.57. The molecule has 5 nitrogen and oxygen atoms in total. The summed E-state index contributed by atoms with van der Waals surface area (Å²) in [7, 11) is 1.67. The van der Waals surface area contributed by atoms with E-state index in [4.69, 9.17) is 26.1 Å². The van der Waals surface area contributed by atoms with Crippen molar-refractivity contribution in [1.29, 1.82) is 5.26 Å². The zero-order valence-electron chi connectivity index (χ0n) is 13.7. The zero-order valence-corrected chi connectivity index (χ0v) is 14.4. The van der Waals surface area contributed by atoms with Gasteiger partial charge in [-0.15, -0.1) is 0 Å². The molecule has 2 aromatic rings. The minimum Gasteiger partial charge on any atom is -0.382 e. The number of benzene rings is 1. The van der Waals surface area contributed by atoms with Gasteiger partial charge in [0.05, 0.1) is 37.0 Å². The van der Waals surface area contributed by atoms with Crippen molar-refractivity contribution in [2.75, 3.05) is 44.9 Å². The SMILES string of the molecule is COCCOCC1CCN(c2cc(C#N)c3cc(Cl)ccc3n2)C1. The predicted octanol–water partition coefficient (Wildman–Crippen LogP) is 3.25. The molecule has 1 aliphatic rings. The maximum Gasteiger partial charge on any atom is 0.130 e. The lowest BCUT2D eigenvalue weighted by atomic mass is 10.1. The molecule has 1 aromatic carbocycles. The number of hydrogen-bond donors (Lipinski definition) is 0. The molecule has 0 amide bonds. The van der Waals surface area contributed by atoms with Crippen LogP contribution in [0.4, 0.5) is 5.82 Å². The fourth-order valence-electron chi connectivity index (χ4n) is 3.01. The molecular weight excluding hydrogens is 326 g/mol. The van der Waals surface area contributed by atoms with E-state index in [-0.39, 0.29) is 0 Å². The average molecular weight is 346 g/mol. The van der Waals surface area contributed by atoms with E-state index in [1.54, 1.807) is 19.2 Å².